The minimum atomic E-state index is 0.571. The lowest BCUT2D eigenvalue weighted by Gasteiger charge is -2.12. The van der Waals surface area contributed by atoms with Crippen LogP contribution in [0, 0.1) is 5.92 Å². The molecule has 2 unspecified atom stereocenters. The molecular formula is C20H25N3O. The molecule has 0 saturated heterocycles. The van der Waals surface area contributed by atoms with Gasteiger partial charge in [0, 0.05) is 19.6 Å². The Morgan fingerprint density at radius 3 is 2.58 bits per heavy atom. The number of guanidine groups is 1. The van der Waals surface area contributed by atoms with Gasteiger partial charge in [-0.1, -0.05) is 49.4 Å². The van der Waals surface area contributed by atoms with Gasteiger partial charge in [0.2, 0.25) is 0 Å². The number of nitrogens with zero attached hydrogens (tertiary/aromatic N) is 1. The average Bonchev–Trinajstić information content (AvgIpc) is 3.33. The minimum absolute atomic E-state index is 0.571. The van der Waals surface area contributed by atoms with Crippen molar-refractivity contribution in [3.05, 3.63) is 65.7 Å². The molecule has 2 atom stereocenters. The fourth-order valence-electron chi connectivity index (χ4n) is 2.59. The van der Waals surface area contributed by atoms with E-state index in [9.17, 15) is 0 Å². The molecule has 0 aromatic heterocycles. The molecule has 0 aliphatic heterocycles. The molecule has 1 fully saturated rings. The van der Waals surface area contributed by atoms with Crippen LogP contribution in [0.5, 0.6) is 5.75 Å². The normalized spacial score (nSPS) is 19.7. The van der Waals surface area contributed by atoms with E-state index in [1.165, 1.54) is 12.0 Å². The maximum absolute atomic E-state index is 5.81. The summed E-state index contributed by atoms with van der Waals surface area (Å²) in [6, 6.07) is 18.9. The van der Waals surface area contributed by atoms with Crippen LogP contribution in [0.4, 0.5) is 0 Å². The standard InChI is InChI=1S/C20H25N3O/c1-15-11-19(15)23-20(21-2)22-13-16-7-6-8-17(12-16)14-24-18-9-4-3-5-10-18/h3-10,12,15,19H,11,13-14H2,1-2H3,(H2,21,22,23). The van der Waals surface area contributed by atoms with Crippen molar-refractivity contribution in [1.29, 1.82) is 0 Å². The summed E-state index contributed by atoms with van der Waals surface area (Å²) in [6.45, 7) is 3.57. The molecule has 3 rings (SSSR count). The van der Waals surface area contributed by atoms with E-state index in [2.05, 4.69) is 46.8 Å². The van der Waals surface area contributed by atoms with E-state index in [-0.39, 0.29) is 0 Å². The molecule has 1 aliphatic carbocycles. The lowest BCUT2D eigenvalue weighted by atomic mass is 10.1. The average molecular weight is 323 g/mol. The van der Waals surface area contributed by atoms with Gasteiger partial charge in [0.15, 0.2) is 5.96 Å². The van der Waals surface area contributed by atoms with Gasteiger partial charge in [0.1, 0.15) is 12.4 Å². The summed E-state index contributed by atoms with van der Waals surface area (Å²) in [7, 11) is 1.81. The summed E-state index contributed by atoms with van der Waals surface area (Å²) < 4.78 is 5.81. The molecule has 1 aliphatic rings. The largest absolute Gasteiger partial charge is 0.489 e. The van der Waals surface area contributed by atoms with Gasteiger partial charge in [-0.25, -0.2) is 0 Å². The first-order valence-corrected chi connectivity index (χ1v) is 8.47. The molecule has 4 heteroatoms. The zero-order chi connectivity index (χ0) is 16.8. The summed E-state index contributed by atoms with van der Waals surface area (Å²) in [4.78, 5) is 4.29. The number of rotatable bonds is 6. The van der Waals surface area contributed by atoms with Crippen LogP contribution in [0.3, 0.4) is 0 Å². The molecule has 2 aromatic carbocycles. The van der Waals surface area contributed by atoms with Crippen LogP contribution in [0.15, 0.2) is 59.6 Å². The molecular weight excluding hydrogens is 298 g/mol. The molecule has 4 nitrogen and oxygen atoms in total. The smallest absolute Gasteiger partial charge is 0.191 e. The van der Waals surface area contributed by atoms with Crippen LogP contribution in [-0.2, 0) is 13.2 Å². The molecule has 0 heterocycles. The van der Waals surface area contributed by atoms with Gasteiger partial charge in [-0.3, -0.25) is 4.99 Å². The van der Waals surface area contributed by atoms with E-state index < -0.39 is 0 Å². The lowest BCUT2D eigenvalue weighted by molar-refractivity contribution is 0.306. The van der Waals surface area contributed by atoms with Gasteiger partial charge in [-0.2, -0.15) is 0 Å². The van der Waals surface area contributed by atoms with Gasteiger partial charge in [0.25, 0.3) is 0 Å². The number of nitrogens with one attached hydrogen (secondary N) is 2. The first kappa shape index (κ1) is 16.4. The molecule has 0 spiro atoms. The van der Waals surface area contributed by atoms with Crippen molar-refractivity contribution in [2.75, 3.05) is 7.05 Å². The second-order valence-electron chi connectivity index (χ2n) is 6.31. The van der Waals surface area contributed by atoms with Crippen LogP contribution >= 0.6 is 0 Å². The van der Waals surface area contributed by atoms with E-state index in [1.807, 2.05) is 37.4 Å². The van der Waals surface area contributed by atoms with E-state index in [0.717, 1.165) is 29.7 Å². The Bertz CT molecular complexity index is 684. The molecule has 2 N–H and O–H groups in total. The molecule has 24 heavy (non-hydrogen) atoms. The fraction of sp³-hybridized carbons (Fsp3) is 0.350. The number of para-hydroxylation sites is 1. The second kappa shape index (κ2) is 7.86. The van der Waals surface area contributed by atoms with E-state index in [0.29, 0.717) is 12.6 Å². The Morgan fingerprint density at radius 1 is 1.12 bits per heavy atom. The van der Waals surface area contributed by atoms with Gasteiger partial charge in [0.05, 0.1) is 0 Å². The molecule has 2 aromatic rings. The zero-order valence-corrected chi connectivity index (χ0v) is 14.3. The summed E-state index contributed by atoms with van der Waals surface area (Å²) in [6.07, 6.45) is 1.23. The van der Waals surface area contributed by atoms with Crippen LogP contribution < -0.4 is 15.4 Å². The number of hydrogen-bond acceptors (Lipinski definition) is 2. The first-order chi connectivity index (χ1) is 11.7. The van der Waals surface area contributed by atoms with Crippen LogP contribution in [-0.4, -0.2) is 19.0 Å². The Hall–Kier alpha value is -2.49. The number of benzene rings is 2. The first-order valence-electron chi connectivity index (χ1n) is 8.47. The molecule has 0 amide bonds. The number of aliphatic imine (C=N–C) groups is 1. The highest BCUT2D eigenvalue weighted by Gasteiger charge is 2.33. The Labute approximate surface area is 144 Å². The Balaban J connectivity index is 1.51. The molecule has 1 saturated carbocycles. The summed E-state index contributed by atoms with van der Waals surface area (Å²) in [5, 5.41) is 6.81. The fourth-order valence-corrected chi connectivity index (χ4v) is 2.59. The molecule has 0 bridgehead atoms. The van der Waals surface area contributed by atoms with Crippen molar-refractivity contribution in [1.82, 2.24) is 10.6 Å². The predicted molar refractivity (Wildman–Crippen MR) is 98.1 cm³/mol. The number of hydrogen-bond donors (Lipinski definition) is 2. The van der Waals surface area contributed by atoms with Crippen molar-refractivity contribution < 1.29 is 4.74 Å². The summed E-state index contributed by atoms with van der Waals surface area (Å²) >= 11 is 0. The van der Waals surface area contributed by atoms with Crippen LogP contribution in [0.25, 0.3) is 0 Å². The number of ether oxygens (including phenoxy) is 1. The van der Waals surface area contributed by atoms with Crippen molar-refractivity contribution in [3.63, 3.8) is 0 Å². The van der Waals surface area contributed by atoms with Crippen molar-refractivity contribution in [2.45, 2.75) is 32.5 Å². The van der Waals surface area contributed by atoms with Gasteiger partial charge >= 0.3 is 0 Å². The maximum Gasteiger partial charge on any atom is 0.191 e. The Kier molecular flexibility index (Phi) is 5.36. The van der Waals surface area contributed by atoms with Gasteiger partial charge < -0.3 is 15.4 Å². The monoisotopic (exact) mass is 323 g/mol. The summed E-state index contributed by atoms with van der Waals surface area (Å²) in [5.41, 5.74) is 2.38. The second-order valence-corrected chi connectivity index (χ2v) is 6.31. The highest BCUT2D eigenvalue weighted by molar-refractivity contribution is 5.80. The van der Waals surface area contributed by atoms with Crippen molar-refractivity contribution in [2.24, 2.45) is 10.9 Å². The predicted octanol–water partition coefficient (Wildman–Crippen LogP) is 3.34. The third-order valence-corrected chi connectivity index (χ3v) is 4.26. The van der Waals surface area contributed by atoms with E-state index >= 15 is 0 Å². The van der Waals surface area contributed by atoms with Gasteiger partial charge in [-0.05, 0) is 35.6 Å². The lowest BCUT2D eigenvalue weighted by Crippen LogP contribution is -2.38. The molecule has 126 valence electrons. The highest BCUT2D eigenvalue weighted by Crippen LogP contribution is 2.28. The third-order valence-electron chi connectivity index (χ3n) is 4.26. The van der Waals surface area contributed by atoms with E-state index in [4.69, 9.17) is 4.74 Å². The third kappa shape index (κ3) is 4.75. The van der Waals surface area contributed by atoms with E-state index in [1.54, 1.807) is 0 Å². The SMILES string of the molecule is CN=C(NCc1cccc(COc2ccccc2)c1)NC1CC1C. The van der Waals surface area contributed by atoms with Gasteiger partial charge in [-0.15, -0.1) is 0 Å². The zero-order valence-electron chi connectivity index (χ0n) is 14.3. The Morgan fingerprint density at radius 2 is 1.88 bits per heavy atom. The highest BCUT2D eigenvalue weighted by atomic mass is 16.5. The van der Waals surface area contributed by atoms with Crippen LogP contribution in [0.2, 0.25) is 0 Å². The minimum Gasteiger partial charge on any atom is -0.489 e. The van der Waals surface area contributed by atoms with Crippen molar-refractivity contribution >= 4 is 5.96 Å². The summed E-state index contributed by atoms with van der Waals surface area (Å²) in [5.74, 6) is 2.52. The van der Waals surface area contributed by atoms with Crippen molar-refractivity contribution in [3.8, 4) is 5.75 Å². The quantitative estimate of drug-likeness (QED) is 0.633. The molecule has 0 radical (unpaired) electrons. The topological polar surface area (TPSA) is 45.7 Å². The maximum atomic E-state index is 5.81. The van der Waals surface area contributed by atoms with Crippen LogP contribution in [0.1, 0.15) is 24.5 Å².